The molecule has 20 heavy (non-hydrogen) atoms. The van der Waals surface area contributed by atoms with Gasteiger partial charge < -0.3 is 19.5 Å². The molecular formula is C14H20ClNO4. The van der Waals surface area contributed by atoms with Crippen LogP contribution in [0.5, 0.6) is 11.5 Å². The Morgan fingerprint density at radius 2 is 1.90 bits per heavy atom. The van der Waals surface area contributed by atoms with Gasteiger partial charge in [-0.15, -0.1) is 0 Å². The van der Waals surface area contributed by atoms with Crippen LogP contribution in [0.4, 0.5) is 0 Å². The minimum absolute atomic E-state index is 0.210. The second-order valence-corrected chi connectivity index (χ2v) is 4.44. The van der Waals surface area contributed by atoms with E-state index in [9.17, 15) is 4.79 Å². The first-order valence-electron chi connectivity index (χ1n) is 6.39. The Bertz CT molecular complexity index is 451. The quantitative estimate of drug-likeness (QED) is 0.590. The molecule has 5 nitrogen and oxygen atoms in total. The van der Waals surface area contributed by atoms with Crippen molar-refractivity contribution >= 4 is 17.6 Å². The summed E-state index contributed by atoms with van der Waals surface area (Å²) in [6.07, 6.45) is 0.332. The molecule has 0 aliphatic rings. The lowest BCUT2D eigenvalue weighted by atomic mass is 10.2. The number of ether oxygens (including phenoxy) is 3. The Morgan fingerprint density at radius 3 is 2.50 bits per heavy atom. The Kier molecular flexibility index (Phi) is 7.18. The molecule has 0 fully saturated rings. The number of carbonyl (C=O) groups excluding carboxylic acids is 1. The van der Waals surface area contributed by atoms with Crippen molar-refractivity contribution in [1.82, 2.24) is 5.32 Å². The molecule has 0 saturated carbocycles. The van der Waals surface area contributed by atoms with Crippen molar-refractivity contribution in [3.05, 3.63) is 22.7 Å². The summed E-state index contributed by atoms with van der Waals surface area (Å²) in [5, 5.41) is 3.73. The fourth-order valence-electron chi connectivity index (χ4n) is 1.68. The summed E-state index contributed by atoms with van der Waals surface area (Å²) < 4.78 is 15.2. The molecule has 0 radical (unpaired) electrons. The molecule has 0 aliphatic carbocycles. The first-order chi connectivity index (χ1) is 9.62. The van der Waals surface area contributed by atoms with Gasteiger partial charge in [0.25, 0.3) is 0 Å². The molecule has 0 atom stereocenters. The molecule has 0 heterocycles. The van der Waals surface area contributed by atoms with E-state index >= 15 is 0 Å². The summed E-state index contributed by atoms with van der Waals surface area (Å²) in [5.41, 5.74) is 0.883. The molecule has 0 bridgehead atoms. The van der Waals surface area contributed by atoms with Crippen molar-refractivity contribution in [2.75, 3.05) is 27.4 Å². The van der Waals surface area contributed by atoms with Gasteiger partial charge in [-0.1, -0.05) is 11.6 Å². The van der Waals surface area contributed by atoms with Crippen molar-refractivity contribution in [3.8, 4) is 11.5 Å². The molecule has 1 N–H and O–H groups in total. The van der Waals surface area contributed by atoms with E-state index in [2.05, 4.69) is 5.32 Å². The number of esters is 1. The fourth-order valence-corrected chi connectivity index (χ4v) is 1.90. The highest BCUT2D eigenvalue weighted by Crippen LogP contribution is 2.32. The molecule has 0 aliphatic heterocycles. The van der Waals surface area contributed by atoms with Crippen molar-refractivity contribution in [3.63, 3.8) is 0 Å². The van der Waals surface area contributed by atoms with E-state index in [0.29, 0.717) is 42.6 Å². The maximum Gasteiger partial charge on any atom is 0.307 e. The van der Waals surface area contributed by atoms with Crippen LogP contribution in [0.2, 0.25) is 5.02 Å². The van der Waals surface area contributed by atoms with Gasteiger partial charge in [-0.05, 0) is 18.6 Å². The second-order valence-electron chi connectivity index (χ2n) is 4.03. The Hall–Kier alpha value is -1.46. The van der Waals surface area contributed by atoms with Crippen LogP contribution in [0.3, 0.4) is 0 Å². The molecule has 1 aromatic carbocycles. The summed E-state index contributed by atoms with van der Waals surface area (Å²) in [6, 6.07) is 3.53. The molecule has 0 saturated heterocycles. The molecule has 6 heteroatoms. The van der Waals surface area contributed by atoms with E-state index in [-0.39, 0.29) is 5.97 Å². The van der Waals surface area contributed by atoms with Crippen LogP contribution in [-0.4, -0.2) is 33.3 Å². The fraction of sp³-hybridized carbons (Fsp3) is 0.500. The van der Waals surface area contributed by atoms with Crippen molar-refractivity contribution in [2.45, 2.75) is 19.9 Å². The zero-order chi connectivity index (χ0) is 15.0. The minimum atomic E-state index is -0.210. The number of benzene rings is 1. The van der Waals surface area contributed by atoms with Gasteiger partial charge in [0.15, 0.2) is 11.5 Å². The largest absolute Gasteiger partial charge is 0.493 e. The SMILES string of the molecule is CCOC(=O)CCNCc1cc(OC)c(OC)cc1Cl. The number of hydrogen-bond acceptors (Lipinski definition) is 5. The predicted octanol–water partition coefficient (Wildman–Crippen LogP) is 2.40. The zero-order valence-corrected chi connectivity index (χ0v) is 12.8. The summed E-state index contributed by atoms with van der Waals surface area (Å²) in [4.78, 5) is 11.2. The predicted molar refractivity (Wildman–Crippen MR) is 77.5 cm³/mol. The average molecular weight is 302 g/mol. The van der Waals surface area contributed by atoms with Crippen LogP contribution in [0.25, 0.3) is 0 Å². The van der Waals surface area contributed by atoms with Crippen molar-refractivity contribution in [1.29, 1.82) is 0 Å². The van der Waals surface area contributed by atoms with Gasteiger partial charge in [-0.2, -0.15) is 0 Å². The van der Waals surface area contributed by atoms with E-state index < -0.39 is 0 Å². The number of carbonyl (C=O) groups is 1. The van der Waals surface area contributed by atoms with E-state index in [1.807, 2.05) is 6.07 Å². The average Bonchev–Trinajstić information content (AvgIpc) is 2.44. The third kappa shape index (κ3) is 4.90. The van der Waals surface area contributed by atoms with Crippen LogP contribution in [0, 0.1) is 0 Å². The molecule has 1 rings (SSSR count). The van der Waals surface area contributed by atoms with Gasteiger partial charge >= 0.3 is 5.97 Å². The highest BCUT2D eigenvalue weighted by molar-refractivity contribution is 6.31. The Morgan fingerprint density at radius 1 is 1.25 bits per heavy atom. The molecule has 0 amide bonds. The van der Waals surface area contributed by atoms with Crippen LogP contribution >= 0.6 is 11.6 Å². The molecule has 1 aromatic rings. The van der Waals surface area contributed by atoms with Crippen LogP contribution in [-0.2, 0) is 16.1 Å². The van der Waals surface area contributed by atoms with E-state index in [1.54, 1.807) is 27.2 Å². The normalized spacial score (nSPS) is 10.2. The second kappa shape index (κ2) is 8.66. The van der Waals surface area contributed by atoms with E-state index in [0.717, 1.165) is 5.56 Å². The lowest BCUT2D eigenvalue weighted by Crippen LogP contribution is -2.19. The minimum Gasteiger partial charge on any atom is -0.493 e. The Labute approximate surface area is 124 Å². The van der Waals surface area contributed by atoms with Crippen LogP contribution in [0.15, 0.2) is 12.1 Å². The Balaban J connectivity index is 2.53. The topological polar surface area (TPSA) is 56.8 Å². The summed E-state index contributed by atoms with van der Waals surface area (Å²) in [6.45, 7) is 3.26. The van der Waals surface area contributed by atoms with Crippen LogP contribution in [0.1, 0.15) is 18.9 Å². The lowest BCUT2D eigenvalue weighted by Gasteiger charge is -2.12. The maximum absolute atomic E-state index is 11.2. The van der Waals surface area contributed by atoms with Crippen LogP contribution < -0.4 is 14.8 Å². The van der Waals surface area contributed by atoms with Crippen molar-refractivity contribution in [2.24, 2.45) is 0 Å². The van der Waals surface area contributed by atoms with Gasteiger partial charge in [-0.3, -0.25) is 4.79 Å². The maximum atomic E-state index is 11.2. The van der Waals surface area contributed by atoms with E-state index in [1.165, 1.54) is 0 Å². The molecule has 0 unspecified atom stereocenters. The van der Waals surface area contributed by atoms with Gasteiger partial charge in [0.1, 0.15) is 0 Å². The summed E-state index contributed by atoms with van der Waals surface area (Å²) in [7, 11) is 3.13. The van der Waals surface area contributed by atoms with Gasteiger partial charge in [0, 0.05) is 24.2 Å². The number of methoxy groups -OCH3 is 2. The number of halogens is 1. The van der Waals surface area contributed by atoms with Gasteiger partial charge in [0.05, 0.1) is 27.2 Å². The summed E-state index contributed by atoms with van der Waals surface area (Å²) >= 11 is 6.16. The van der Waals surface area contributed by atoms with Crippen molar-refractivity contribution < 1.29 is 19.0 Å². The highest BCUT2D eigenvalue weighted by Gasteiger charge is 2.09. The lowest BCUT2D eigenvalue weighted by molar-refractivity contribution is -0.142. The number of hydrogen-bond donors (Lipinski definition) is 1. The molecule has 0 aromatic heterocycles. The smallest absolute Gasteiger partial charge is 0.307 e. The molecule has 0 spiro atoms. The summed E-state index contributed by atoms with van der Waals surface area (Å²) in [5.74, 6) is 1.00. The third-order valence-corrected chi connectivity index (χ3v) is 3.03. The first-order valence-corrected chi connectivity index (χ1v) is 6.76. The van der Waals surface area contributed by atoms with Gasteiger partial charge in [0.2, 0.25) is 0 Å². The zero-order valence-electron chi connectivity index (χ0n) is 12.0. The monoisotopic (exact) mass is 301 g/mol. The standard InChI is InChI=1S/C14H20ClNO4/c1-4-20-14(17)5-6-16-9-10-7-12(18-2)13(19-3)8-11(10)15/h7-8,16H,4-6,9H2,1-3H3. The van der Waals surface area contributed by atoms with E-state index in [4.69, 9.17) is 25.8 Å². The highest BCUT2D eigenvalue weighted by atomic mass is 35.5. The molecule has 112 valence electrons. The number of rotatable bonds is 8. The van der Waals surface area contributed by atoms with Gasteiger partial charge in [-0.25, -0.2) is 0 Å². The first kappa shape index (κ1) is 16.6. The molecular weight excluding hydrogens is 282 g/mol. The number of nitrogens with one attached hydrogen (secondary N) is 1. The third-order valence-electron chi connectivity index (χ3n) is 2.68.